The molecule has 122 valence electrons. The van der Waals surface area contributed by atoms with Crippen molar-refractivity contribution in [1.29, 1.82) is 0 Å². The van der Waals surface area contributed by atoms with E-state index in [1.807, 2.05) is 0 Å². The molecule has 7 heteroatoms. The van der Waals surface area contributed by atoms with Crippen molar-refractivity contribution in [2.45, 2.75) is 19.8 Å². The average Bonchev–Trinajstić information content (AvgIpc) is 2.54. The number of benzene rings is 1. The molecule has 0 heterocycles. The predicted octanol–water partition coefficient (Wildman–Crippen LogP) is 2.48. The van der Waals surface area contributed by atoms with Gasteiger partial charge in [0.05, 0.1) is 25.3 Å². The van der Waals surface area contributed by atoms with Gasteiger partial charge in [-0.1, -0.05) is 0 Å². The van der Waals surface area contributed by atoms with Crippen molar-refractivity contribution in [1.82, 2.24) is 4.90 Å². The van der Waals surface area contributed by atoms with Crippen LogP contribution in [0.15, 0.2) is 12.1 Å². The number of likely N-dealkylation sites (N-methyl/N-ethyl adjacent to an activating group) is 1. The highest BCUT2D eigenvalue weighted by atomic mass is 19.3. The number of carbonyl (C=O) groups excluding carboxylic acids is 2. The van der Waals surface area contributed by atoms with E-state index in [9.17, 15) is 18.4 Å². The van der Waals surface area contributed by atoms with Crippen molar-refractivity contribution in [3.8, 4) is 11.5 Å². The van der Waals surface area contributed by atoms with Gasteiger partial charge in [0.2, 0.25) is 0 Å². The molecule has 1 rings (SSSR count). The Hall–Kier alpha value is -2.18. The van der Waals surface area contributed by atoms with Crippen LogP contribution in [0.3, 0.4) is 0 Å². The monoisotopic (exact) mass is 315 g/mol. The zero-order valence-electron chi connectivity index (χ0n) is 13.0. The highest BCUT2D eigenvalue weighted by molar-refractivity contribution is 5.87. The van der Waals surface area contributed by atoms with Crippen LogP contribution < -0.4 is 9.47 Å². The molecule has 22 heavy (non-hydrogen) atoms. The first kappa shape index (κ1) is 17.9. The Balaban J connectivity index is 3.45. The SMILES string of the molecule is CCN(CC)C(=O)C(F)(F)c1cc(OC)c(C=O)cc1OC. The van der Waals surface area contributed by atoms with Gasteiger partial charge in [0.25, 0.3) is 5.91 Å². The Morgan fingerprint density at radius 2 is 1.73 bits per heavy atom. The molecule has 0 saturated heterocycles. The Morgan fingerprint density at radius 3 is 2.14 bits per heavy atom. The van der Waals surface area contributed by atoms with Crippen LogP contribution in [0, 0.1) is 0 Å². The fraction of sp³-hybridized carbons (Fsp3) is 0.467. The van der Waals surface area contributed by atoms with Crippen LogP contribution in [-0.4, -0.2) is 44.4 Å². The fourth-order valence-corrected chi connectivity index (χ4v) is 2.08. The molecule has 0 unspecified atom stereocenters. The van der Waals surface area contributed by atoms with Crippen LogP contribution in [-0.2, 0) is 10.7 Å². The number of aldehydes is 1. The first-order valence-corrected chi connectivity index (χ1v) is 6.76. The van der Waals surface area contributed by atoms with Crippen LogP contribution in [0.4, 0.5) is 8.78 Å². The Morgan fingerprint density at radius 1 is 1.18 bits per heavy atom. The van der Waals surface area contributed by atoms with Crippen LogP contribution in [0.2, 0.25) is 0 Å². The van der Waals surface area contributed by atoms with Crippen LogP contribution in [0.25, 0.3) is 0 Å². The third-order valence-electron chi connectivity index (χ3n) is 3.34. The summed E-state index contributed by atoms with van der Waals surface area (Å²) in [7, 11) is 2.45. The second kappa shape index (κ2) is 7.20. The zero-order valence-corrected chi connectivity index (χ0v) is 13.0. The molecule has 0 aliphatic rings. The summed E-state index contributed by atoms with van der Waals surface area (Å²) in [5.74, 6) is -5.39. The lowest BCUT2D eigenvalue weighted by molar-refractivity contribution is -0.158. The van der Waals surface area contributed by atoms with E-state index >= 15 is 0 Å². The van der Waals surface area contributed by atoms with Gasteiger partial charge < -0.3 is 14.4 Å². The van der Waals surface area contributed by atoms with Gasteiger partial charge >= 0.3 is 5.92 Å². The molecule has 5 nitrogen and oxygen atoms in total. The summed E-state index contributed by atoms with van der Waals surface area (Å²) in [6, 6.07) is 2.09. The van der Waals surface area contributed by atoms with E-state index < -0.39 is 17.4 Å². The molecule has 1 aromatic rings. The highest BCUT2D eigenvalue weighted by Crippen LogP contribution is 2.40. The van der Waals surface area contributed by atoms with E-state index in [1.165, 1.54) is 14.2 Å². The van der Waals surface area contributed by atoms with Crippen LogP contribution >= 0.6 is 0 Å². The lowest BCUT2D eigenvalue weighted by atomic mass is 10.0. The lowest BCUT2D eigenvalue weighted by Crippen LogP contribution is -2.42. The maximum absolute atomic E-state index is 14.6. The van der Waals surface area contributed by atoms with Gasteiger partial charge in [0, 0.05) is 13.1 Å². The standard InChI is InChI=1S/C15H19F2NO4/c1-5-18(6-2)14(20)15(16,17)11-8-12(21-3)10(9-19)7-13(11)22-4/h7-9H,5-6H2,1-4H3. The second-order valence-electron chi connectivity index (χ2n) is 4.46. The molecule has 1 amide bonds. The summed E-state index contributed by atoms with van der Waals surface area (Å²) in [5, 5.41) is 0. The molecule has 0 fully saturated rings. The van der Waals surface area contributed by atoms with E-state index in [-0.39, 0.29) is 30.2 Å². The topological polar surface area (TPSA) is 55.8 Å². The Kier molecular flexibility index (Phi) is 5.84. The molecular formula is C15H19F2NO4. The molecular weight excluding hydrogens is 296 g/mol. The first-order valence-electron chi connectivity index (χ1n) is 6.76. The van der Waals surface area contributed by atoms with Crippen molar-refractivity contribution < 1.29 is 27.8 Å². The average molecular weight is 315 g/mol. The van der Waals surface area contributed by atoms with E-state index in [1.54, 1.807) is 13.8 Å². The van der Waals surface area contributed by atoms with Gasteiger partial charge in [-0.25, -0.2) is 0 Å². The summed E-state index contributed by atoms with van der Waals surface area (Å²) in [4.78, 5) is 24.0. The molecule has 0 N–H and O–H groups in total. The number of ether oxygens (including phenoxy) is 2. The third kappa shape index (κ3) is 3.18. The van der Waals surface area contributed by atoms with Gasteiger partial charge in [0.15, 0.2) is 6.29 Å². The molecule has 0 saturated carbocycles. The molecule has 1 aromatic carbocycles. The number of carbonyl (C=O) groups is 2. The van der Waals surface area contributed by atoms with Crippen molar-refractivity contribution >= 4 is 12.2 Å². The molecule has 0 aromatic heterocycles. The molecule has 0 aliphatic heterocycles. The minimum absolute atomic E-state index is 0.0437. The Bertz CT molecular complexity index is 557. The van der Waals surface area contributed by atoms with Gasteiger partial charge in [-0.15, -0.1) is 0 Å². The van der Waals surface area contributed by atoms with Crippen LogP contribution in [0.5, 0.6) is 11.5 Å². The largest absolute Gasteiger partial charge is 0.496 e. The number of halogens is 2. The zero-order chi connectivity index (χ0) is 16.9. The van der Waals surface area contributed by atoms with E-state index in [2.05, 4.69) is 0 Å². The van der Waals surface area contributed by atoms with E-state index in [4.69, 9.17) is 9.47 Å². The van der Waals surface area contributed by atoms with Gasteiger partial charge in [-0.2, -0.15) is 8.78 Å². The lowest BCUT2D eigenvalue weighted by Gasteiger charge is -2.26. The van der Waals surface area contributed by atoms with E-state index in [0.717, 1.165) is 17.0 Å². The number of hydrogen-bond donors (Lipinski definition) is 0. The Labute approximate surface area is 127 Å². The van der Waals surface area contributed by atoms with Crippen molar-refractivity contribution in [2.75, 3.05) is 27.3 Å². The maximum atomic E-state index is 14.6. The molecule has 0 bridgehead atoms. The van der Waals surface area contributed by atoms with Crippen LogP contribution in [0.1, 0.15) is 29.8 Å². The summed E-state index contributed by atoms with van der Waals surface area (Å²) >= 11 is 0. The summed E-state index contributed by atoms with van der Waals surface area (Å²) in [6.07, 6.45) is 0.468. The number of nitrogens with zero attached hydrogens (tertiary/aromatic N) is 1. The quantitative estimate of drug-likeness (QED) is 0.725. The highest BCUT2D eigenvalue weighted by Gasteiger charge is 2.46. The van der Waals surface area contributed by atoms with Crippen molar-refractivity contribution in [3.05, 3.63) is 23.3 Å². The number of rotatable bonds is 7. The third-order valence-corrected chi connectivity index (χ3v) is 3.34. The van der Waals surface area contributed by atoms with Crippen molar-refractivity contribution in [3.63, 3.8) is 0 Å². The summed E-state index contributed by atoms with van der Waals surface area (Å²) < 4.78 is 38.9. The predicted molar refractivity (Wildman–Crippen MR) is 76.8 cm³/mol. The summed E-state index contributed by atoms with van der Waals surface area (Å²) in [5.41, 5.74) is -0.566. The first-order chi connectivity index (χ1) is 10.4. The van der Waals surface area contributed by atoms with Crippen molar-refractivity contribution in [2.24, 2.45) is 0 Å². The van der Waals surface area contributed by atoms with Gasteiger partial charge in [-0.05, 0) is 26.0 Å². The molecule has 0 spiro atoms. The molecule has 0 atom stereocenters. The number of alkyl halides is 2. The molecule has 0 radical (unpaired) electrons. The molecule has 0 aliphatic carbocycles. The minimum Gasteiger partial charge on any atom is -0.496 e. The number of hydrogen-bond acceptors (Lipinski definition) is 4. The van der Waals surface area contributed by atoms with Gasteiger partial charge in [-0.3, -0.25) is 9.59 Å². The minimum atomic E-state index is -3.79. The number of amides is 1. The number of methoxy groups -OCH3 is 2. The second-order valence-corrected chi connectivity index (χ2v) is 4.46. The summed E-state index contributed by atoms with van der Waals surface area (Å²) in [6.45, 7) is 3.56. The smallest absolute Gasteiger partial charge is 0.353 e. The fourth-order valence-electron chi connectivity index (χ4n) is 2.08. The van der Waals surface area contributed by atoms with E-state index in [0.29, 0.717) is 6.29 Å². The maximum Gasteiger partial charge on any atom is 0.353 e. The van der Waals surface area contributed by atoms with Gasteiger partial charge in [0.1, 0.15) is 11.5 Å². The normalized spacial score (nSPS) is 11.0.